The fourth-order valence-corrected chi connectivity index (χ4v) is 1.73. The fraction of sp³-hybridized carbons (Fsp3) is 1.00. The SMILES string of the molecule is CC(C)N(C)C1CCC(O)C1. The maximum atomic E-state index is 9.30. The summed E-state index contributed by atoms with van der Waals surface area (Å²) < 4.78 is 0. The Balaban J connectivity index is 2.36. The van der Waals surface area contributed by atoms with Crippen LogP contribution >= 0.6 is 0 Å². The molecule has 1 rings (SSSR count). The molecule has 0 amide bonds. The van der Waals surface area contributed by atoms with Gasteiger partial charge in [-0.15, -0.1) is 0 Å². The predicted molar refractivity (Wildman–Crippen MR) is 46.5 cm³/mol. The summed E-state index contributed by atoms with van der Waals surface area (Å²) >= 11 is 0. The molecule has 1 N–H and O–H groups in total. The number of hydrogen-bond donors (Lipinski definition) is 1. The molecule has 0 bridgehead atoms. The van der Waals surface area contributed by atoms with Gasteiger partial charge in [-0.05, 0) is 40.2 Å². The average molecular weight is 157 g/mol. The van der Waals surface area contributed by atoms with Crippen molar-refractivity contribution in [2.75, 3.05) is 7.05 Å². The Bertz CT molecular complexity index is 125. The largest absolute Gasteiger partial charge is 0.393 e. The van der Waals surface area contributed by atoms with E-state index in [4.69, 9.17) is 0 Å². The molecule has 2 atom stereocenters. The zero-order valence-electron chi connectivity index (χ0n) is 7.75. The third-order valence-corrected chi connectivity index (χ3v) is 2.77. The van der Waals surface area contributed by atoms with E-state index in [0.717, 1.165) is 19.3 Å². The Morgan fingerprint density at radius 3 is 2.36 bits per heavy atom. The highest BCUT2D eigenvalue weighted by atomic mass is 16.3. The number of nitrogens with zero attached hydrogens (tertiary/aromatic N) is 1. The third kappa shape index (κ3) is 2.17. The van der Waals surface area contributed by atoms with Crippen LogP contribution in [0.15, 0.2) is 0 Å². The summed E-state index contributed by atoms with van der Waals surface area (Å²) in [5, 5.41) is 9.30. The van der Waals surface area contributed by atoms with Crippen molar-refractivity contribution in [1.29, 1.82) is 0 Å². The maximum absolute atomic E-state index is 9.30. The second-order valence-corrected chi connectivity index (χ2v) is 3.88. The van der Waals surface area contributed by atoms with Gasteiger partial charge in [0.1, 0.15) is 0 Å². The molecule has 0 radical (unpaired) electrons. The molecular formula is C9H19NO. The summed E-state index contributed by atoms with van der Waals surface area (Å²) in [6.45, 7) is 4.40. The van der Waals surface area contributed by atoms with Crippen molar-refractivity contribution in [2.24, 2.45) is 0 Å². The van der Waals surface area contributed by atoms with E-state index in [0.29, 0.717) is 12.1 Å². The first kappa shape index (κ1) is 9.01. The van der Waals surface area contributed by atoms with E-state index in [2.05, 4.69) is 25.8 Å². The molecule has 1 fully saturated rings. The molecule has 66 valence electrons. The minimum atomic E-state index is -0.0406. The summed E-state index contributed by atoms with van der Waals surface area (Å²) in [5.74, 6) is 0. The van der Waals surface area contributed by atoms with Gasteiger partial charge in [-0.25, -0.2) is 0 Å². The van der Waals surface area contributed by atoms with Crippen molar-refractivity contribution in [1.82, 2.24) is 4.90 Å². The van der Waals surface area contributed by atoms with Crippen molar-refractivity contribution < 1.29 is 5.11 Å². The Morgan fingerprint density at radius 1 is 1.36 bits per heavy atom. The topological polar surface area (TPSA) is 23.5 Å². The summed E-state index contributed by atoms with van der Waals surface area (Å²) in [7, 11) is 2.15. The molecule has 0 aliphatic heterocycles. The molecule has 11 heavy (non-hydrogen) atoms. The highest BCUT2D eigenvalue weighted by molar-refractivity contribution is 4.82. The lowest BCUT2D eigenvalue weighted by molar-refractivity contribution is 0.150. The third-order valence-electron chi connectivity index (χ3n) is 2.77. The van der Waals surface area contributed by atoms with Crippen LogP contribution in [0.25, 0.3) is 0 Å². The van der Waals surface area contributed by atoms with Gasteiger partial charge in [0.05, 0.1) is 6.10 Å². The lowest BCUT2D eigenvalue weighted by Gasteiger charge is -2.27. The Kier molecular flexibility index (Phi) is 2.90. The number of rotatable bonds is 2. The molecule has 1 saturated carbocycles. The molecule has 0 aromatic heterocycles. The van der Waals surface area contributed by atoms with Crippen molar-refractivity contribution in [3.63, 3.8) is 0 Å². The van der Waals surface area contributed by atoms with E-state index in [1.54, 1.807) is 0 Å². The monoisotopic (exact) mass is 157 g/mol. The van der Waals surface area contributed by atoms with Crippen LogP contribution in [-0.4, -0.2) is 35.2 Å². The first-order chi connectivity index (χ1) is 5.11. The van der Waals surface area contributed by atoms with Crippen LogP contribution in [0.1, 0.15) is 33.1 Å². The van der Waals surface area contributed by atoms with Gasteiger partial charge in [0.15, 0.2) is 0 Å². The van der Waals surface area contributed by atoms with Crippen LogP contribution in [0.5, 0.6) is 0 Å². The van der Waals surface area contributed by atoms with Crippen molar-refractivity contribution in [3.8, 4) is 0 Å². The molecule has 1 aliphatic rings. The molecule has 2 unspecified atom stereocenters. The van der Waals surface area contributed by atoms with Crippen molar-refractivity contribution in [3.05, 3.63) is 0 Å². The summed E-state index contributed by atoms with van der Waals surface area (Å²) in [6.07, 6.45) is 3.08. The lowest BCUT2D eigenvalue weighted by atomic mass is 10.2. The molecule has 0 aromatic carbocycles. The van der Waals surface area contributed by atoms with Gasteiger partial charge in [0.25, 0.3) is 0 Å². The van der Waals surface area contributed by atoms with Gasteiger partial charge in [-0.1, -0.05) is 0 Å². The summed E-state index contributed by atoms with van der Waals surface area (Å²) in [5.41, 5.74) is 0. The van der Waals surface area contributed by atoms with Crippen LogP contribution in [0.3, 0.4) is 0 Å². The van der Waals surface area contributed by atoms with Gasteiger partial charge in [0.2, 0.25) is 0 Å². The minimum absolute atomic E-state index is 0.0406. The average Bonchev–Trinajstić information content (AvgIpc) is 2.34. The predicted octanol–water partition coefficient (Wildman–Crippen LogP) is 1.24. The van der Waals surface area contributed by atoms with Crippen molar-refractivity contribution >= 4 is 0 Å². The fourth-order valence-electron chi connectivity index (χ4n) is 1.73. The first-order valence-corrected chi connectivity index (χ1v) is 4.51. The van der Waals surface area contributed by atoms with E-state index in [-0.39, 0.29) is 6.10 Å². The molecule has 2 heteroatoms. The molecule has 2 nitrogen and oxygen atoms in total. The van der Waals surface area contributed by atoms with Crippen LogP contribution < -0.4 is 0 Å². The van der Waals surface area contributed by atoms with E-state index < -0.39 is 0 Å². The van der Waals surface area contributed by atoms with Crippen LogP contribution in [0.4, 0.5) is 0 Å². The maximum Gasteiger partial charge on any atom is 0.0555 e. The zero-order valence-corrected chi connectivity index (χ0v) is 7.75. The van der Waals surface area contributed by atoms with Gasteiger partial charge < -0.3 is 10.0 Å². The van der Waals surface area contributed by atoms with Gasteiger partial charge in [-0.2, -0.15) is 0 Å². The Morgan fingerprint density at radius 2 is 2.00 bits per heavy atom. The Hall–Kier alpha value is -0.0800. The normalized spacial score (nSPS) is 32.2. The quantitative estimate of drug-likeness (QED) is 0.652. The summed E-state index contributed by atoms with van der Waals surface area (Å²) in [6, 6.07) is 1.22. The second-order valence-electron chi connectivity index (χ2n) is 3.88. The van der Waals surface area contributed by atoms with E-state index in [1.165, 1.54) is 0 Å². The van der Waals surface area contributed by atoms with Crippen LogP contribution in [0, 0.1) is 0 Å². The highest BCUT2D eigenvalue weighted by Crippen LogP contribution is 2.24. The highest BCUT2D eigenvalue weighted by Gasteiger charge is 2.26. The first-order valence-electron chi connectivity index (χ1n) is 4.51. The van der Waals surface area contributed by atoms with E-state index in [1.807, 2.05) is 0 Å². The lowest BCUT2D eigenvalue weighted by Crippen LogP contribution is -2.35. The van der Waals surface area contributed by atoms with E-state index in [9.17, 15) is 5.11 Å². The number of aliphatic hydroxyl groups excluding tert-OH is 1. The number of aliphatic hydroxyl groups is 1. The molecule has 1 aliphatic carbocycles. The molecular weight excluding hydrogens is 138 g/mol. The molecule has 0 aromatic rings. The van der Waals surface area contributed by atoms with Crippen LogP contribution in [0.2, 0.25) is 0 Å². The molecule has 0 spiro atoms. The Labute approximate surface area is 69.2 Å². The van der Waals surface area contributed by atoms with Gasteiger partial charge in [-0.3, -0.25) is 0 Å². The smallest absolute Gasteiger partial charge is 0.0555 e. The van der Waals surface area contributed by atoms with Crippen LogP contribution in [-0.2, 0) is 0 Å². The number of hydrogen-bond acceptors (Lipinski definition) is 2. The zero-order chi connectivity index (χ0) is 8.43. The van der Waals surface area contributed by atoms with E-state index >= 15 is 0 Å². The standard InChI is InChI=1S/C9H19NO/c1-7(2)10(3)8-4-5-9(11)6-8/h7-9,11H,4-6H2,1-3H3. The minimum Gasteiger partial charge on any atom is -0.393 e. The second kappa shape index (κ2) is 3.55. The molecule has 0 heterocycles. The summed E-state index contributed by atoms with van der Waals surface area (Å²) in [4.78, 5) is 2.36. The van der Waals surface area contributed by atoms with Gasteiger partial charge in [0, 0.05) is 12.1 Å². The van der Waals surface area contributed by atoms with Gasteiger partial charge >= 0.3 is 0 Å². The molecule has 0 saturated heterocycles. The van der Waals surface area contributed by atoms with Crippen molar-refractivity contribution in [2.45, 2.75) is 51.3 Å².